The fourth-order valence-corrected chi connectivity index (χ4v) is 5.10. The Hall–Kier alpha value is -1.87. The molecule has 6 nitrogen and oxygen atoms in total. The lowest BCUT2D eigenvalue weighted by atomic mass is 10.1. The van der Waals surface area contributed by atoms with Crippen molar-refractivity contribution in [3.05, 3.63) is 53.3 Å². The van der Waals surface area contributed by atoms with E-state index in [0.29, 0.717) is 13.1 Å². The van der Waals surface area contributed by atoms with Gasteiger partial charge in [0.25, 0.3) is 0 Å². The van der Waals surface area contributed by atoms with E-state index in [1.807, 2.05) is 18.2 Å². The zero-order chi connectivity index (χ0) is 19.0. The number of methoxy groups -OCH3 is 1. The molecule has 1 fully saturated rings. The van der Waals surface area contributed by atoms with E-state index in [2.05, 4.69) is 10.2 Å². The number of sulfonamides is 1. The van der Waals surface area contributed by atoms with E-state index < -0.39 is 15.8 Å². The number of halogens is 2. The maximum atomic E-state index is 14.0. The third kappa shape index (κ3) is 3.69. The third-order valence-corrected chi connectivity index (χ3v) is 6.94. The van der Waals surface area contributed by atoms with Crippen LogP contribution in [-0.4, -0.2) is 46.0 Å². The Bertz CT molecular complexity index is 965. The van der Waals surface area contributed by atoms with Gasteiger partial charge >= 0.3 is 0 Å². The number of nitrogens with zero attached hydrogens (tertiary/aromatic N) is 2. The summed E-state index contributed by atoms with van der Waals surface area (Å²) in [5.74, 6) is -0.656. The van der Waals surface area contributed by atoms with Gasteiger partial charge in [0.15, 0.2) is 11.6 Å². The second-order valence-electron chi connectivity index (χ2n) is 6.72. The fourth-order valence-electron chi connectivity index (χ4n) is 3.70. The molecule has 9 heteroatoms. The highest BCUT2D eigenvalue weighted by Gasteiger charge is 2.33. The quantitative estimate of drug-likeness (QED) is 0.811. The summed E-state index contributed by atoms with van der Waals surface area (Å²) in [5, 5.41) is 3.33. The van der Waals surface area contributed by atoms with Gasteiger partial charge in [-0.2, -0.15) is 4.31 Å². The predicted octanol–water partition coefficient (Wildman–Crippen LogP) is 2.37. The van der Waals surface area contributed by atoms with Crippen molar-refractivity contribution < 1.29 is 17.5 Å². The molecule has 1 N–H and O–H groups in total. The second-order valence-corrected chi connectivity index (χ2v) is 8.66. The Morgan fingerprint density at radius 3 is 2.54 bits per heavy atom. The summed E-state index contributed by atoms with van der Waals surface area (Å²) in [6.45, 7) is 4.21. The average Bonchev–Trinajstić information content (AvgIpc) is 3.14. The molecule has 0 amide bonds. The van der Waals surface area contributed by atoms with Crippen molar-refractivity contribution in [1.29, 1.82) is 0 Å². The summed E-state index contributed by atoms with van der Waals surface area (Å²) in [5.41, 5.74) is 3.13. The first kappa shape index (κ1) is 20.9. The second kappa shape index (κ2) is 8.24. The Morgan fingerprint density at radius 2 is 1.86 bits per heavy atom. The molecule has 2 aromatic carbocycles. The van der Waals surface area contributed by atoms with Gasteiger partial charge in [0.1, 0.15) is 0 Å². The lowest BCUT2D eigenvalue weighted by Gasteiger charge is -2.31. The molecule has 0 bridgehead atoms. The molecule has 0 unspecified atom stereocenters. The molecule has 0 aliphatic carbocycles. The minimum Gasteiger partial charge on any atom is -0.494 e. The highest BCUT2D eigenvalue weighted by Crippen LogP contribution is 2.35. The minimum absolute atomic E-state index is 0. The topological polar surface area (TPSA) is 61.9 Å². The van der Waals surface area contributed by atoms with E-state index in [1.165, 1.54) is 23.5 Å². The van der Waals surface area contributed by atoms with Gasteiger partial charge in [-0.05, 0) is 35.4 Å². The molecule has 2 aliphatic rings. The lowest BCUT2D eigenvalue weighted by Crippen LogP contribution is -2.43. The van der Waals surface area contributed by atoms with E-state index in [0.717, 1.165) is 49.1 Å². The number of nitrogens with one attached hydrogen (secondary N) is 1. The van der Waals surface area contributed by atoms with Crippen LogP contribution >= 0.6 is 12.4 Å². The standard InChI is InChI=1S/C19H22FN3O3S.ClH/c1-26-19-6-5-15(11-17(19)20)27(24,25)23-12-14-3-2-4-18(16(14)13-23)22-9-7-21-8-10-22;/h2-6,11,21H,7-10,12-13H2,1H3;1H. The zero-order valence-electron chi connectivity index (χ0n) is 15.5. The molecular formula is C19H23ClFN3O3S. The van der Waals surface area contributed by atoms with Crippen LogP contribution in [0, 0.1) is 5.82 Å². The van der Waals surface area contributed by atoms with Gasteiger partial charge in [-0.3, -0.25) is 0 Å². The number of benzene rings is 2. The van der Waals surface area contributed by atoms with Gasteiger partial charge < -0.3 is 15.0 Å². The Morgan fingerprint density at radius 1 is 1.11 bits per heavy atom. The summed E-state index contributed by atoms with van der Waals surface area (Å²) in [7, 11) is -2.45. The maximum absolute atomic E-state index is 14.0. The molecular weight excluding hydrogens is 405 g/mol. The normalized spacial score (nSPS) is 17.1. The van der Waals surface area contributed by atoms with Crippen molar-refractivity contribution >= 4 is 28.1 Å². The van der Waals surface area contributed by atoms with Gasteiger partial charge in [0, 0.05) is 45.0 Å². The van der Waals surface area contributed by atoms with Crippen molar-refractivity contribution in [3.8, 4) is 5.75 Å². The van der Waals surface area contributed by atoms with Gasteiger partial charge in [0.05, 0.1) is 12.0 Å². The summed E-state index contributed by atoms with van der Waals surface area (Å²) in [6.07, 6.45) is 0. The molecule has 2 aromatic rings. The third-order valence-electron chi connectivity index (χ3n) is 5.15. The number of ether oxygens (including phenoxy) is 1. The minimum atomic E-state index is -3.79. The van der Waals surface area contributed by atoms with Crippen LogP contribution in [0.4, 0.5) is 10.1 Å². The van der Waals surface area contributed by atoms with Crippen LogP contribution in [0.1, 0.15) is 11.1 Å². The number of anilines is 1. The Kier molecular flexibility index (Phi) is 6.14. The molecule has 28 heavy (non-hydrogen) atoms. The number of hydrogen-bond donors (Lipinski definition) is 1. The SMILES string of the molecule is COc1ccc(S(=O)(=O)N2Cc3cccc(N4CCNCC4)c3C2)cc1F.Cl. The molecule has 0 radical (unpaired) electrons. The summed E-state index contributed by atoms with van der Waals surface area (Å²) in [4.78, 5) is 2.23. The van der Waals surface area contributed by atoms with Crippen LogP contribution in [-0.2, 0) is 23.1 Å². The van der Waals surface area contributed by atoms with Crippen molar-refractivity contribution in [3.63, 3.8) is 0 Å². The first-order valence-corrected chi connectivity index (χ1v) is 10.3. The monoisotopic (exact) mass is 427 g/mol. The van der Waals surface area contributed by atoms with Crippen molar-refractivity contribution in [2.75, 3.05) is 38.2 Å². The molecule has 1 saturated heterocycles. The molecule has 4 rings (SSSR count). The van der Waals surface area contributed by atoms with Crippen LogP contribution in [0.2, 0.25) is 0 Å². The number of hydrogen-bond acceptors (Lipinski definition) is 5. The molecule has 2 aliphatic heterocycles. The summed E-state index contributed by atoms with van der Waals surface area (Å²) < 4.78 is 46.4. The van der Waals surface area contributed by atoms with Crippen LogP contribution in [0.25, 0.3) is 0 Å². The van der Waals surface area contributed by atoms with E-state index >= 15 is 0 Å². The van der Waals surface area contributed by atoms with Crippen LogP contribution < -0.4 is 15.0 Å². The van der Waals surface area contributed by atoms with E-state index in [9.17, 15) is 12.8 Å². The number of piperazine rings is 1. The Labute approximate surface area is 170 Å². The lowest BCUT2D eigenvalue weighted by molar-refractivity contribution is 0.385. The molecule has 0 spiro atoms. The van der Waals surface area contributed by atoms with Gasteiger partial charge in [-0.25, -0.2) is 12.8 Å². The van der Waals surface area contributed by atoms with Gasteiger partial charge in [-0.15, -0.1) is 12.4 Å². The maximum Gasteiger partial charge on any atom is 0.243 e. The molecule has 0 aromatic heterocycles. The highest BCUT2D eigenvalue weighted by atomic mass is 35.5. The molecule has 0 atom stereocenters. The summed E-state index contributed by atoms with van der Waals surface area (Å²) >= 11 is 0. The van der Waals surface area contributed by atoms with Crippen LogP contribution in [0.15, 0.2) is 41.3 Å². The van der Waals surface area contributed by atoms with Crippen molar-refractivity contribution in [1.82, 2.24) is 9.62 Å². The summed E-state index contributed by atoms with van der Waals surface area (Å²) in [6, 6.07) is 9.74. The predicted molar refractivity (Wildman–Crippen MR) is 108 cm³/mol. The van der Waals surface area contributed by atoms with E-state index in [1.54, 1.807) is 0 Å². The van der Waals surface area contributed by atoms with Crippen molar-refractivity contribution in [2.45, 2.75) is 18.0 Å². The molecule has 2 heterocycles. The molecule has 152 valence electrons. The highest BCUT2D eigenvalue weighted by molar-refractivity contribution is 7.89. The van der Waals surface area contributed by atoms with E-state index in [-0.39, 0.29) is 23.1 Å². The van der Waals surface area contributed by atoms with Crippen LogP contribution in [0.5, 0.6) is 5.75 Å². The largest absolute Gasteiger partial charge is 0.494 e. The Balaban J connectivity index is 0.00000225. The van der Waals surface area contributed by atoms with Gasteiger partial charge in [0.2, 0.25) is 10.0 Å². The smallest absolute Gasteiger partial charge is 0.243 e. The average molecular weight is 428 g/mol. The zero-order valence-corrected chi connectivity index (χ0v) is 17.2. The number of fused-ring (bicyclic) bond motifs is 1. The number of rotatable bonds is 4. The van der Waals surface area contributed by atoms with Crippen molar-refractivity contribution in [2.24, 2.45) is 0 Å². The first-order chi connectivity index (χ1) is 13.0. The fraction of sp³-hybridized carbons (Fsp3) is 0.368. The first-order valence-electron chi connectivity index (χ1n) is 8.91. The van der Waals surface area contributed by atoms with Crippen LogP contribution in [0.3, 0.4) is 0 Å². The molecule has 0 saturated carbocycles. The van der Waals surface area contributed by atoms with E-state index in [4.69, 9.17) is 4.74 Å². The van der Waals surface area contributed by atoms with Gasteiger partial charge in [-0.1, -0.05) is 12.1 Å².